The van der Waals surface area contributed by atoms with Gasteiger partial charge >= 0.3 is 0 Å². The Bertz CT molecular complexity index is 1180. The molecule has 5 heteroatoms. The Kier molecular flexibility index (Phi) is 5.74. The van der Waals surface area contributed by atoms with Crippen molar-refractivity contribution >= 4 is 35.1 Å². The molecule has 1 aliphatic heterocycles. The topological polar surface area (TPSA) is 57.6 Å². The van der Waals surface area contributed by atoms with E-state index in [4.69, 9.17) is 11.6 Å². The molecule has 1 N–H and O–H groups in total. The number of hydrogen-bond donors (Lipinski definition) is 1. The highest BCUT2D eigenvalue weighted by molar-refractivity contribution is 6.30. The van der Waals surface area contributed by atoms with E-state index in [0.29, 0.717) is 16.3 Å². The van der Waals surface area contributed by atoms with Crippen LogP contribution in [0.15, 0.2) is 96.3 Å². The van der Waals surface area contributed by atoms with Crippen molar-refractivity contribution in [2.75, 3.05) is 4.90 Å². The van der Waals surface area contributed by atoms with Crippen LogP contribution in [0.5, 0.6) is 0 Å². The SMILES string of the molecule is Cc1ccc(N2C(=O)C(O)=C(C(=O)C=Cc3ccccc3)C2c2ccc(Cl)cc2)cc1. The number of allylic oxidation sites excluding steroid dienone is 1. The molecular formula is C26H20ClNO3. The summed E-state index contributed by atoms with van der Waals surface area (Å²) in [5.74, 6) is -1.58. The molecule has 1 unspecified atom stereocenters. The predicted octanol–water partition coefficient (Wildman–Crippen LogP) is 5.83. The van der Waals surface area contributed by atoms with E-state index in [-0.39, 0.29) is 5.57 Å². The Balaban J connectivity index is 1.78. The second-order valence-electron chi connectivity index (χ2n) is 7.34. The normalized spacial score (nSPS) is 16.4. The van der Waals surface area contributed by atoms with E-state index in [2.05, 4.69) is 0 Å². The number of aliphatic hydroxyl groups is 1. The third-order valence-corrected chi connectivity index (χ3v) is 5.45. The van der Waals surface area contributed by atoms with Crippen LogP contribution in [-0.2, 0) is 9.59 Å². The number of carbonyl (C=O) groups is 2. The van der Waals surface area contributed by atoms with Gasteiger partial charge in [0.15, 0.2) is 11.5 Å². The van der Waals surface area contributed by atoms with Gasteiger partial charge in [-0.05, 0) is 48.4 Å². The summed E-state index contributed by atoms with van der Waals surface area (Å²) in [5, 5.41) is 11.2. The molecule has 4 nitrogen and oxygen atoms in total. The van der Waals surface area contributed by atoms with Crippen molar-refractivity contribution in [1.82, 2.24) is 0 Å². The fourth-order valence-electron chi connectivity index (χ4n) is 3.61. The van der Waals surface area contributed by atoms with E-state index >= 15 is 0 Å². The molecule has 0 fully saturated rings. The molecule has 0 radical (unpaired) electrons. The molecule has 3 aromatic carbocycles. The first-order valence-electron chi connectivity index (χ1n) is 9.82. The summed E-state index contributed by atoms with van der Waals surface area (Å²) >= 11 is 6.04. The molecule has 0 saturated heterocycles. The van der Waals surface area contributed by atoms with Crippen LogP contribution < -0.4 is 4.90 Å². The Morgan fingerprint density at radius 3 is 2.26 bits per heavy atom. The van der Waals surface area contributed by atoms with Crippen LogP contribution in [0.3, 0.4) is 0 Å². The number of hydrogen-bond acceptors (Lipinski definition) is 3. The molecule has 154 valence electrons. The van der Waals surface area contributed by atoms with Gasteiger partial charge in [-0.15, -0.1) is 0 Å². The number of halogens is 1. The average molecular weight is 430 g/mol. The first-order chi connectivity index (χ1) is 15.0. The minimum Gasteiger partial charge on any atom is -0.503 e. The highest BCUT2D eigenvalue weighted by Gasteiger charge is 2.43. The number of aryl methyl sites for hydroxylation is 1. The molecule has 4 rings (SSSR count). The number of carbonyl (C=O) groups excluding carboxylic acids is 2. The molecule has 1 amide bonds. The van der Waals surface area contributed by atoms with Crippen LogP contribution in [0.1, 0.15) is 22.7 Å². The molecule has 0 aliphatic carbocycles. The maximum atomic E-state index is 13.1. The zero-order valence-corrected chi connectivity index (χ0v) is 17.6. The summed E-state index contributed by atoms with van der Waals surface area (Å²) < 4.78 is 0. The maximum Gasteiger partial charge on any atom is 0.294 e. The lowest BCUT2D eigenvalue weighted by Crippen LogP contribution is -2.30. The standard InChI is InChI=1S/C26H20ClNO3/c1-17-7-14-21(15-8-17)28-24(19-10-12-20(27)13-11-19)23(25(30)26(28)31)22(29)16-9-18-5-3-2-4-6-18/h2-16,24,30H,1H3. The zero-order chi connectivity index (χ0) is 22.0. The number of nitrogens with zero attached hydrogens (tertiary/aromatic N) is 1. The first kappa shape index (κ1) is 20.6. The second kappa shape index (κ2) is 8.62. The van der Waals surface area contributed by atoms with Crippen molar-refractivity contribution in [3.05, 3.63) is 118 Å². The van der Waals surface area contributed by atoms with E-state index in [1.807, 2.05) is 49.4 Å². The van der Waals surface area contributed by atoms with Crippen molar-refractivity contribution in [2.45, 2.75) is 13.0 Å². The molecule has 0 bridgehead atoms. The fourth-order valence-corrected chi connectivity index (χ4v) is 3.74. The third-order valence-electron chi connectivity index (χ3n) is 5.20. The smallest absolute Gasteiger partial charge is 0.294 e. The second-order valence-corrected chi connectivity index (χ2v) is 7.77. The van der Waals surface area contributed by atoms with Crippen LogP contribution in [0.2, 0.25) is 5.02 Å². The number of rotatable bonds is 5. The Morgan fingerprint density at radius 1 is 0.968 bits per heavy atom. The minimum absolute atomic E-state index is 0.0417. The van der Waals surface area contributed by atoms with Gasteiger partial charge in [0.25, 0.3) is 5.91 Å². The maximum absolute atomic E-state index is 13.1. The van der Waals surface area contributed by atoms with Crippen molar-refractivity contribution in [2.24, 2.45) is 0 Å². The number of ketones is 1. The Labute approximate surface area is 185 Å². The Hall–Kier alpha value is -3.63. The van der Waals surface area contributed by atoms with Gasteiger partial charge in [-0.3, -0.25) is 14.5 Å². The summed E-state index contributed by atoms with van der Waals surface area (Å²) in [5.41, 5.74) is 3.20. The van der Waals surface area contributed by atoms with Crippen LogP contribution >= 0.6 is 11.6 Å². The monoisotopic (exact) mass is 429 g/mol. The van der Waals surface area contributed by atoms with Gasteiger partial charge < -0.3 is 5.11 Å². The van der Waals surface area contributed by atoms with E-state index in [0.717, 1.165) is 11.1 Å². The summed E-state index contributed by atoms with van der Waals surface area (Å²) in [4.78, 5) is 27.6. The quantitative estimate of drug-likeness (QED) is 0.519. The van der Waals surface area contributed by atoms with Gasteiger partial charge in [0.2, 0.25) is 0 Å². The average Bonchev–Trinajstić information content (AvgIpc) is 3.05. The van der Waals surface area contributed by atoms with Crippen LogP contribution in [0, 0.1) is 6.92 Å². The van der Waals surface area contributed by atoms with Crippen molar-refractivity contribution in [1.29, 1.82) is 0 Å². The number of aliphatic hydroxyl groups excluding tert-OH is 1. The number of benzene rings is 3. The van der Waals surface area contributed by atoms with Crippen molar-refractivity contribution in [3.8, 4) is 0 Å². The highest BCUT2D eigenvalue weighted by atomic mass is 35.5. The van der Waals surface area contributed by atoms with Crippen molar-refractivity contribution in [3.63, 3.8) is 0 Å². The van der Waals surface area contributed by atoms with Crippen LogP contribution in [-0.4, -0.2) is 16.8 Å². The van der Waals surface area contributed by atoms with Crippen molar-refractivity contribution < 1.29 is 14.7 Å². The summed E-state index contributed by atoms with van der Waals surface area (Å²) in [7, 11) is 0. The van der Waals surface area contributed by atoms with Gasteiger partial charge in [-0.25, -0.2) is 0 Å². The zero-order valence-electron chi connectivity index (χ0n) is 16.8. The number of amides is 1. The van der Waals surface area contributed by atoms with Gasteiger partial charge in [0, 0.05) is 10.7 Å². The summed E-state index contributed by atoms with van der Waals surface area (Å²) in [6.45, 7) is 1.95. The lowest BCUT2D eigenvalue weighted by atomic mass is 9.95. The number of anilines is 1. The fraction of sp³-hybridized carbons (Fsp3) is 0.0769. The molecule has 0 aromatic heterocycles. The molecule has 1 atom stereocenters. The minimum atomic E-state index is -0.764. The van der Waals surface area contributed by atoms with Crippen LogP contribution in [0.25, 0.3) is 6.08 Å². The highest BCUT2D eigenvalue weighted by Crippen LogP contribution is 2.41. The Morgan fingerprint density at radius 2 is 1.61 bits per heavy atom. The van der Waals surface area contributed by atoms with Gasteiger partial charge in [0.1, 0.15) is 0 Å². The van der Waals surface area contributed by atoms with Crippen LogP contribution in [0.4, 0.5) is 5.69 Å². The largest absolute Gasteiger partial charge is 0.503 e. The van der Waals surface area contributed by atoms with Gasteiger partial charge in [0.05, 0.1) is 11.6 Å². The van der Waals surface area contributed by atoms with E-state index in [1.165, 1.54) is 11.0 Å². The molecule has 1 heterocycles. The molecule has 3 aromatic rings. The van der Waals surface area contributed by atoms with E-state index in [1.54, 1.807) is 42.5 Å². The lowest BCUT2D eigenvalue weighted by Gasteiger charge is -2.27. The molecule has 1 aliphatic rings. The summed E-state index contributed by atoms with van der Waals surface area (Å²) in [6, 6.07) is 22.9. The molecule has 0 spiro atoms. The molecule has 0 saturated carbocycles. The third kappa shape index (κ3) is 4.16. The van der Waals surface area contributed by atoms with E-state index < -0.39 is 23.5 Å². The first-order valence-corrected chi connectivity index (χ1v) is 10.2. The predicted molar refractivity (Wildman–Crippen MR) is 123 cm³/mol. The molecular weight excluding hydrogens is 410 g/mol. The van der Waals surface area contributed by atoms with Gasteiger partial charge in [-0.2, -0.15) is 0 Å². The lowest BCUT2D eigenvalue weighted by molar-refractivity contribution is -0.117. The van der Waals surface area contributed by atoms with E-state index in [9.17, 15) is 14.7 Å². The summed E-state index contributed by atoms with van der Waals surface area (Å²) in [6.07, 6.45) is 3.05. The molecule has 31 heavy (non-hydrogen) atoms. The van der Waals surface area contributed by atoms with Gasteiger partial charge in [-0.1, -0.05) is 77.8 Å².